The molecule has 11 heteroatoms. The lowest BCUT2D eigenvalue weighted by atomic mass is 9.97. The number of piperazine rings is 1. The van der Waals surface area contributed by atoms with Crippen LogP contribution in [0.1, 0.15) is 34.7 Å². The quantitative estimate of drug-likeness (QED) is 0.266. The number of amides is 1. The summed E-state index contributed by atoms with van der Waals surface area (Å²) in [4.78, 5) is 26.7. The number of rotatable bonds is 7. The molecule has 0 aliphatic carbocycles. The number of nitrogens with zero attached hydrogens (tertiary/aromatic N) is 4. The Bertz CT molecular complexity index is 1630. The highest BCUT2D eigenvalue weighted by atomic mass is 35.5. The number of hydrogen-bond donors (Lipinski definition) is 1. The van der Waals surface area contributed by atoms with Crippen molar-refractivity contribution >= 4 is 28.5 Å². The average Bonchev–Trinajstić information content (AvgIpc) is 3.48. The van der Waals surface area contributed by atoms with Gasteiger partial charge in [-0.15, -0.1) is 0 Å². The van der Waals surface area contributed by atoms with E-state index in [0.29, 0.717) is 47.2 Å². The number of H-pyrrole nitrogens is 1. The number of alkyl halides is 3. The van der Waals surface area contributed by atoms with E-state index in [2.05, 4.69) is 26.7 Å². The molecule has 1 fully saturated rings. The summed E-state index contributed by atoms with van der Waals surface area (Å²) < 4.78 is 48.4. The zero-order valence-electron chi connectivity index (χ0n) is 23.9. The highest BCUT2D eigenvalue weighted by molar-refractivity contribution is 6.33. The van der Waals surface area contributed by atoms with Gasteiger partial charge in [0.1, 0.15) is 16.4 Å². The minimum absolute atomic E-state index is 0.0951. The van der Waals surface area contributed by atoms with Gasteiger partial charge in [-0.05, 0) is 59.5 Å². The van der Waals surface area contributed by atoms with Crippen LogP contribution in [0.4, 0.5) is 13.2 Å². The van der Waals surface area contributed by atoms with Crippen LogP contribution in [0.5, 0.6) is 11.5 Å². The zero-order valence-corrected chi connectivity index (χ0v) is 24.6. The molecule has 43 heavy (non-hydrogen) atoms. The molecule has 2 aromatic heterocycles. The zero-order chi connectivity index (χ0) is 30.1. The molecule has 4 aromatic rings. The Morgan fingerprint density at radius 3 is 2.58 bits per heavy atom. The van der Waals surface area contributed by atoms with Crippen molar-refractivity contribution in [3.63, 3.8) is 0 Å². The van der Waals surface area contributed by atoms with Gasteiger partial charge < -0.3 is 19.5 Å². The first-order valence-corrected chi connectivity index (χ1v) is 14.9. The Morgan fingerprint density at radius 1 is 1.02 bits per heavy atom. The van der Waals surface area contributed by atoms with E-state index in [9.17, 15) is 18.0 Å². The van der Waals surface area contributed by atoms with E-state index >= 15 is 0 Å². The van der Waals surface area contributed by atoms with Crippen LogP contribution in [0.3, 0.4) is 0 Å². The Labute approximate surface area is 253 Å². The number of benzene rings is 2. The molecule has 0 spiro atoms. The normalized spacial score (nSPS) is 16.4. The van der Waals surface area contributed by atoms with E-state index in [-0.39, 0.29) is 24.4 Å². The number of likely N-dealkylation sites (N-methyl/N-ethyl adjacent to an activating group) is 1. The lowest BCUT2D eigenvalue weighted by Gasteiger charge is -2.34. The number of halogens is 4. The van der Waals surface area contributed by atoms with Gasteiger partial charge in [-0.1, -0.05) is 36.7 Å². The third-order valence-corrected chi connectivity index (χ3v) is 8.67. The van der Waals surface area contributed by atoms with Crippen LogP contribution < -0.4 is 4.74 Å². The third-order valence-electron chi connectivity index (χ3n) is 8.40. The minimum atomic E-state index is -4.50. The molecular weight excluding hydrogens is 579 g/mol. The van der Waals surface area contributed by atoms with Gasteiger partial charge in [-0.2, -0.15) is 13.2 Å². The predicted molar refractivity (Wildman–Crippen MR) is 159 cm³/mol. The van der Waals surface area contributed by atoms with Crippen LogP contribution >= 0.6 is 11.6 Å². The Balaban J connectivity index is 1.14. The lowest BCUT2D eigenvalue weighted by molar-refractivity contribution is -0.138. The number of pyridine rings is 1. The lowest BCUT2D eigenvalue weighted by Crippen LogP contribution is -2.45. The minimum Gasteiger partial charge on any atom is -0.455 e. The molecule has 0 bridgehead atoms. The van der Waals surface area contributed by atoms with Crippen molar-refractivity contribution in [3.8, 4) is 11.5 Å². The standard InChI is InChI=1S/C32H33ClF3N5O2/c1-2-39-11-13-40(14-12-39)19-23-4-3-21(15-27(23)32(34,35)36)16-29(42)41-10-8-22-5-6-25(17-24(22)20-41)43-30-26-7-9-37-31(26)38-18-28(30)33/h3-7,9,15,17-18H,2,8,10-14,16,19-20H2,1H3,(H,37,38). The smallest absolute Gasteiger partial charge is 0.416 e. The number of carbonyl (C=O) groups excluding carboxylic acids is 1. The number of nitrogens with one attached hydrogen (secondary N) is 1. The summed E-state index contributed by atoms with van der Waals surface area (Å²) in [5, 5.41) is 1.13. The van der Waals surface area contributed by atoms with Gasteiger partial charge in [-0.25, -0.2) is 4.98 Å². The molecule has 0 atom stereocenters. The van der Waals surface area contributed by atoms with E-state index in [0.717, 1.165) is 55.3 Å². The summed E-state index contributed by atoms with van der Waals surface area (Å²) in [5.41, 5.74) is 2.65. The van der Waals surface area contributed by atoms with Crippen LogP contribution in [0, 0.1) is 0 Å². The van der Waals surface area contributed by atoms with E-state index in [1.807, 2.05) is 24.3 Å². The molecule has 2 aromatic carbocycles. The number of hydrogen-bond acceptors (Lipinski definition) is 5. The van der Waals surface area contributed by atoms with Crippen LogP contribution in [0.25, 0.3) is 11.0 Å². The van der Waals surface area contributed by atoms with Crippen LogP contribution in [-0.2, 0) is 36.9 Å². The number of carbonyl (C=O) groups is 1. The first kappa shape index (κ1) is 29.5. The predicted octanol–water partition coefficient (Wildman–Crippen LogP) is 6.29. The molecule has 0 unspecified atom stereocenters. The topological polar surface area (TPSA) is 64.7 Å². The fourth-order valence-electron chi connectivity index (χ4n) is 5.92. The summed E-state index contributed by atoms with van der Waals surface area (Å²) >= 11 is 6.37. The van der Waals surface area contributed by atoms with Crippen LogP contribution in [0.2, 0.25) is 5.02 Å². The maximum absolute atomic E-state index is 14.1. The van der Waals surface area contributed by atoms with E-state index < -0.39 is 11.7 Å². The molecule has 0 radical (unpaired) electrons. The molecule has 1 N–H and O–H groups in total. The van der Waals surface area contributed by atoms with E-state index in [1.54, 1.807) is 23.2 Å². The second-order valence-corrected chi connectivity index (χ2v) is 11.6. The fourth-order valence-corrected chi connectivity index (χ4v) is 6.11. The monoisotopic (exact) mass is 611 g/mol. The maximum Gasteiger partial charge on any atom is 0.416 e. The highest BCUT2D eigenvalue weighted by Gasteiger charge is 2.34. The first-order chi connectivity index (χ1) is 20.7. The van der Waals surface area contributed by atoms with Crippen molar-refractivity contribution in [2.75, 3.05) is 39.3 Å². The van der Waals surface area contributed by atoms with Crippen molar-refractivity contribution < 1.29 is 22.7 Å². The SMILES string of the molecule is CCN1CCN(Cc2ccc(CC(=O)N3CCc4ccc(Oc5c(Cl)cnc6[nH]ccc56)cc4C3)cc2C(F)(F)F)CC1. The van der Waals surface area contributed by atoms with Gasteiger partial charge in [0.15, 0.2) is 5.75 Å². The molecule has 1 amide bonds. The van der Waals surface area contributed by atoms with Gasteiger partial charge in [0, 0.05) is 52.0 Å². The third kappa shape index (κ3) is 6.51. The number of ether oxygens (including phenoxy) is 1. The van der Waals surface area contributed by atoms with Gasteiger partial charge >= 0.3 is 6.18 Å². The van der Waals surface area contributed by atoms with Gasteiger partial charge in [-0.3, -0.25) is 9.69 Å². The van der Waals surface area contributed by atoms with Crippen molar-refractivity contribution in [2.45, 2.75) is 39.0 Å². The molecule has 7 nitrogen and oxygen atoms in total. The molecule has 0 saturated carbocycles. The molecule has 1 saturated heterocycles. The van der Waals surface area contributed by atoms with Crippen LogP contribution in [-0.4, -0.2) is 69.8 Å². The second-order valence-electron chi connectivity index (χ2n) is 11.1. The van der Waals surface area contributed by atoms with Crippen molar-refractivity contribution in [2.24, 2.45) is 0 Å². The molecule has 2 aliphatic rings. The highest BCUT2D eigenvalue weighted by Crippen LogP contribution is 2.37. The summed E-state index contributed by atoms with van der Waals surface area (Å²) in [6, 6.07) is 11.9. The van der Waals surface area contributed by atoms with Crippen molar-refractivity contribution in [1.29, 1.82) is 0 Å². The summed E-state index contributed by atoms with van der Waals surface area (Å²) in [7, 11) is 0. The maximum atomic E-state index is 14.1. The Morgan fingerprint density at radius 2 is 1.81 bits per heavy atom. The van der Waals surface area contributed by atoms with E-state index in [4.69, 9.17) is 16.3 Å². The molecular formula is C32H33ClF3N5O2. The largest absolute Gasteiger partial charge is 0.455 e. The average molecular weight is 612 g/mol. The summed E-state index contributed by atoms with van der Waals surface area (Å²) in [6.45, 7) is 7.31. The Hall–Kier alpha value is -3.60. The van der Waals surface area contributed by atoms with Gasteiger partial charge in [0.05, 0.1) is 23.6 Å². The molecule has 6 rings (SSSR count). The van der Waals surface area contributed by atoms with Crippen molar-refractivity contribution in [1.82, 2.24) is 24.7 Å². The molecule has 4 heterocycles. The number of aromatic nitrogens is 2. The van der Waals surface area contributed by atoms with Gasteiger partial charge in [0.25, 0.3) is 0 Å². The summed E-state index contributed by atoms with van der Waals surface area (Å²) in [5.74, 6) is 0.855. The fraction of sp³-hybridized carbons (Fsp3) is 0.375. The first-order valence-electron chi connectivity index (χ1n) is 14.5. The molecule has 2 aliphatic heterocycles. The second kappa shape index (κ2) is 12.2. The van der Waals surface area contributed by atoms with E-state index in [1.165, 1.54) is 6.20 Å². The Kier molecular flexibility index (Phi) is 8.35. The van der Waals surface area contributed by atoms with Crippen molar-refractivity contribution in [3.05, 3.63) is 87.7 Å². The summed E-state index contributed by atoms with van der Waals surface area (Å²) in [6.07, 6.45) is -0.654. The molecule has 226 valence electrons. The number of fused-ring (bicyclic) bond motifs is 2. The number of aromatic amines is 1. The van der Waals surface area contributed by atoms with Crippen LogP contribution in [0.15, 0.2) is 54.9 Å². The van der Waals surface area contributed by atoms with Gasteiger partial charge in [0.2, 0.25) is 5.91 Å².